The van der Waals surface area contributed by atoms with Crippen LogP contribution in [0.5, 0.6) is 0 Å². The van der Waals surface area contributed by atoms with Gasteiger partial charge in [-0.15, -0.1) is 6.58 Å². The lowest BCUT2D eigenvalue weighted by Gasteiger charge is -2.19. The summed E-state index contributed by atoms with van der Waals surface area (Å²) in [4.78, 5) is 12.0. The Balaban J connectivity index is 0.000000202. The van der Waals surface area contributed by atoms with Crippen molar-refractivity contribution in [2.24, 2.45) is 0 Å². The molecule has 0 saturated carbocycles. The van der Waals surface area contributed by atoms with Crippen molar-refractivity contribution in [2.75, 3.05) is 54.2 Å². The zero-order chi connectivity index (χ0) is 20.2. The second-order valence-corrected chi connectivity index (χ2v) is 6.59. The van der Waals surface area contributed by atoms with E-state index in [-0.39, 0.29) is 12.8 Å². The van der Waals surface area contributed by atoms with E-state index < -0.39 is 0 Å². The molecule has 27 heavy (non-hydrogen) atoms. The van der Waals surface area contributed by atoms with Crippen LogP contribution in [0.2, 0.25) is 0 Å². The third-order valence-corrected chi connectivity index (χ3v) is 4.19. The number of aliphatic hydroxyl groups is 1. The lowest BCUT2D eigenvalue weighted by atomic mass is 10.5. The molecule has 0 aliphatic carbocycles. The smallest absolute Gasteiger partial charge is 0.185 e. The molecule has 1 atom stereocenters. The molecular formula is C19H33N7O. The molecule has 3 rings (SSSR count). The highest BCUT2D eigenvalue weighted by Gasteiger charge is 2.16. The van der Waals surface area contributed by atoms with Crippen molar-refractivity contribution in [1.82, 2.24) is 29.4 Å². The first-order valence-electron chi connectivity index (χ1n) is 8.96. The minimum Gasteiger partial charge on any atom is -0.395 e. The highest BCUT2D eigenvalue weighted by molar-refractivity contribution is 4.99. The van der Waals surface area contributed by atoms with E-state index in [9.17, 15) is 0 Å². The standard InChI is InChI=1S/C7H12N2.C6H9N3.C6H12N2O/c1-3-4-9-6-5-8(2)7-9;1-6-8(2)3-4-9(6)5-7;1-7-2-3-8(6-7)4-5-9/h3,5-6H,1,4,7H2,2H3;3-4,6H,1-2H3;2-3,9H,4-6H2,1H3. The highest BCUT2D eigenvalue weighted by atomic mass is 16.3. The minimum atomic E-state index is 0.190. The highest BCUT2D eigenvalue weighted by Crippen LogP contribution is 2.10. The van der Waals surface area contributed by atoms with E-state index in [1.807, 2.05) is 56.8 Å². The Bertz CT molecular complexity index is 569. The van der Waals surface area contributed by atoms with Gasteiger partial charge in [-0.1, -0.05) is 6.08 Å². The largest absolute Gasteiger partial charge is 0.395 e. The van der Waals surface area contributed by atoms with E-state index in [1.54, 1.807) is 11.1 Å². The summed E-state index contributed by atoms with van der Waals surface area (Å²) < 4.78 is 0. The first kappa shape index (κ1) is 22.3. The second kappa shape index (κ2) is 11.8. The topological polar surface area (TPSA) is 63.5 Å². The molecular weight excluding hydrogens is 342 g/mol. The molecule has 1 unspecified atom stereocenters. The van der Waals surface area contributed by atoms with Crippen LogP contribution in [0.15, 0.2) is 49.9 Å². The molecule has 0 amide bonds. The van der Waals surface area contributed by atoms with E-state index in [4.69, 9.17) is 10.4 Å². The number of nitrogens with zero attached hydrogens (tertiary/aromatic N) is 7. The number of hydrogen-bond donors (Lipinski definition) is 1. The molecule has 0 radical (unpaired) electrons. The molecule has 3 aliphatic rings. The van der Waals surface area contributed by atoms with Gasteiger partial charge >= 0.3 is 0 Å². The van der Waals surface area contributed by atoms with Gasteiger partial charge in [-0.05, 0) is 6.92 Å². The van der Waals surface area contributed by atoms with Crippen LogP contribution in [-0.2, 0) is 0 Å². The van der Waals surface area contributed by atoms with Gasteiger partial charge in [0.05, 0.1) is 19.9 Å². The lowest BCUT2D eigenvalue weighted by Crippen LogP contribution is -2.30. The molecule has 0 aromatic rings. The van der Waals surface area contributed by atoms with E-state index in [0.717, 1.165) is 26.4 Å². The maximum absolute atomic E-state index is 8.52. The molecule has 1 N–H and O–H groups in total. The van der Waals surface area contributed by atoms with E-state index in [0.29, 0.717) is 0 Å². The molecule has 3 heterocycles. The van der Waals surface area contributed by atoms with Gasteiger partial charge in [0, 0.05) is 71.4 Å². The molecule has 0 aromatic heterocycles. The van der Waals surface area contributed by atoms with E-state index >= 15 is 0 Å². The van der Waals surface area contributed by atoms with Crippen LogP contribution in [0.3, 0.4) is 0 Å². The summed E-state index contributed by atoms with van der Waals surface area (Å²) in [6.07, 6.45) is 15.9. The zero-order valence-corrected chi connectivity index (χ0v) is 16.9. The van der Waals surface area contributed by atoms with Crippen molar-refractivity contribution in [3.63, 3.8) is 0 Å². The lowest BCUT2D eigenvalue weighted by molar-refractivity contribution is 0.217. The maximum Gasteiger partial charge on any atom is 0.185 e. The van der Waals surface area contributed by atoms with Gasteiger partial charge in [-0.25, -0.2) is 0 Å². The molecule has 0 fully saturated rings. The van der Waals surface area contributed by atoms with E-state index in [2.05, 4.69) is 45.6 Å². The molecule has 8 heteroatoms. The first-order valence-corrected chi connectivity index (χ1v) is 8.96. The quantitative estimate of drug-likeness (QED) is 0.578. The predicted octanol–water partition coefficient (Wildman–Crippen LogP) is 1.04. The Hall–Kier alpha value is -2.79. The molecule has 150 valence electrons. The number of hydrogen-bond acceptors (Lipinski definition) is 8. The third kappa shape index (κ3) is 7.96. The third-order valence-electron chi connectivity index (χ3n) is 4.19. The maximum atomic E-state index is 8.52. The van der Waals surface area contributed by atoms with Crippen LogP contribution in [0.25, 0.3) is 0 Å². The van der Waals surface area contributed by atoms with Gasteiger partial charge in [0.1, 0.15) is 6.17 Å². The summed E-state index contributed by atoms with van der Waals surface area (Å²) in [6, 6.07) is 0. The van der Waals surface area contributed by atoms with Gasteiger partial charge < -0.3 is 29.6 Å². The summed E-state index contributed by atoms with van der Waals surface area (Å²) in [5.74, 6) is 0. The fourth-order valence-corrected chi connectivity index (χ4v) is 2.48. The van der Waals surface area contributed by atoms with E-state index in [1.165, 1.54) is 0 Å². The van der Waals surface area contributed by atoms with Crippen LogP contribution in [0.1, 0.15) is 6.92 Å². The van der Waals surface area contributed by atoms with Crippen LogP contribution in [0, 0.1) is 11.5 Å². The molecule has 8 nitrogen and oxygen atoms in total. The monoisotopic (exact) mass is 375 g/mol. The number of β-amino-alcohol motifs (C(OH)–C–C–N with tert-alkyl or cyclic N) is 1. The Morgan fingerprint density at radius 1 is 1.04 bits per heavy atom. The van der Waals surface area contributed by atoms with Crippen LogP contribution < -0.4 is 0 Å². The Morgan fingerprint density at radius 3 is 1.96 bits per heavy atom. The summed E-state index contributed by atoms with van der Waals surface area (Å²) in [6.45, 7) is 9.44. The van der Waals surface area contributed by atoms with Gasteiger partial charge in [0.15, 0.2) is 6.19 Å². The molecule has 0 bridgehead atoms. The van der Waals surface area contributed by atoms with Gasteiger partial charge in [0.25, 0.3) is 0 Å². The summed E-state index contributed by atoms with van der Waals surface area (Å²) >= 11 is 0. The van der Waals surface area contributed by atoms with Crippen molar-refractivity contribution in [1.29, 1.82) is 5.26 Å². The Morgan fingerprint density at radius 2 is 1.63 bits per heavy atom. The summed E-state index contributed by atoms with van der Waals surface area (Å²) in [5, 5.41) is 17.0. The summed E-state index contributed by atoms with van der Waals surface area (Å²) in [7, 11) is 6.01. The average Bonchev–Trinajstić information content (AvgIpc) is 3.33. The fraction of sp³-hybridized carbons (Fsp3) is 0.526. The van der Waals surface area contributed by atoms with Crippen LogP contribution in [-0.4, -0.2) is 94.8 Å². The van der Waals surface area contributed by atoms with Gasteiger partial charge in [-0.3, -0.25) is 4.90 Å². The fourth-order valence-electron chi connectivity index (χ4n) is 2.48. The molecule has 3 aliphatic heterocycles. The van der Waals surface area contributed by atoms with Crippen molar-refractivity contribution in [3.8, 4) is 6.19 Å². The Kier molecular flexibility index (Phi) is 9.69. The zero-order valence-electron chi connectivity index (χ0n) is 16.9. The van der Waals surface area contributed by atoms with Gasteiger partial charge in [0.2, 0.25) is 0 Å². The molecule has 0 saturated heterocycles. The number of rotatable bonds is 4. The normalized spacial score (nSPS) is 19.8. The average molecular weight is 376 g/mol. The number of nitriles is 1. The summed E-state index contributed by atoms with van der Waals surface area (Å²) in [5.41, 5.74) is 0. The van der Waals surface area contributed by atoms with Crippen molar-refractivity contribution in [3.05, 3.63) is 49.9 Å². The predicted molar refractivity (Wildman–Crippen MR) is 108 cm³/mol. The Labute approximate surface area is 163 Å². The number of aliphatic hydroxyl groups excluding tert-OH is 1. The van der Waals surface area contributed by atoms with Crippen molar-refractivity contribution >= 4 is 0 Å². The van der Waals surface area contributed by atoms with Crippen LogP contribution >= 0.6 is 0 Å². The van der Waals surface area contributed by atoms with Crippen molar-refractivity contribution < 1.29 is 5.11 Å². The van der Waals surface area contributed by atoms with Gasteiger partial charge in [-0.2, -0.15) is 5.26 Å². The molecule has 0 spiro atoms. The first-order chi connectivity index (χ1) is 12.9. The van der Waals surface area contributed by atoms with Crippen molar-refractivity contribution in [2.45, 2.75) is 13.1 Å². The molecule has 0 aromatic carbocycles. The van der Waals surface area contributed by atoms with Crippen LogP contribution in [0.4, 0.5) is 0 Å². The minimum absolute atomic E-state index is 0.190. The SMILES string of the molecule is C=CCN1C=CN(C)C1.CC1N(C)C=CN1C#N.CN1C=CN(CCO)C1. The second-order valence-electron chi connectivity index (χ2n) is 6.59.